The Bertz CT molecular complexity index is 875. The van der Waals surface area contributed by atoms with E-state index in [4.69, 9.17) is 20.8 Å². The fourth-order valence-corrected chi connectivity index (χ4v) is 3.59. The third-order valence-electron chi connectivity index (χ3n) is 5.01. The molecule has 0 radical (unpaired) electrons. The monoisotopic (exact) mass is 403 g/mol. The van der Waals surface area contributed by atoms with E-state index in [1.807, 2.05) is 0 Å². The van der Waals surface area contributed by atoms with Gasteiger partial charge in [-0.25, -0.2) is 4.79 Å². The van der Waals surface area contributed by atoms with Gasteiger partial charge in [-0.2, -0.15) is 0 Å². The summed E-state index contributed by atoms with van der Waals surface area (Å²) in [6.07, 6.45) is 4.91. The second kappa shape index (κ2) is 9.06. The second-order valence-electron chi connectivity index (χ2n) is 7.03. The molecular formula is C21H22ClNO5. The lowest BCUT2D eigenvalue weighted by atomic mass is 9.86. The summed E-state index contributed by atoms with van der Waals surface area (Å²) in [5.41, 5.74) is 0.701. The summed E-state index contributed by atoms with van der Waals surface area (Å²) in [6, 6.07) is 8.01. The zero-order valence-electron chi connectivity index (χ0n) is 15.6. The van der Waals surface area contributed by atoms with E-state index in [2.05, 4.69) is 12.2 Å². The first-order valence-corrected chi connectivity index (χ1v) is 9.67. The first-order valence-electron chi connectivity index (χ1n) is 9.29. The van der Waals surface area contributed by atoms with Crippen LogP contribution < -0.4 is 5.32 Å². The predicted octanol–water partition coefficient (Wildman–Crippen LogP) is 4.26. The van der Waals surface area contributed by atoms with Gasteiger partial charge in [0.15, 0.2) is 18.7 Å². The molecule has 0 aliphatic heterocycles. The summed E-state index contributed by atoms with van der Waals surface area (Å²) >= 11 is 6.11. The molecule has 1 aliphatic rings. The minimum Gasteiger partial charge on any atom is -0.453 e. The number of halogens is 1. The Morgan fingerprint density at radius 3 is 2.75 bits per heavy atom. The van der Waals surface area contributed by atoms with Crippen molar-refractivity contribution in [1.82, 2.24) is 5.32 Å². The molecule has 1 heterocycles. The van der Waals surface area contributed by atoms with Gasteiger partial charge in [-0.15, -0.1) is 0 Å². The van der Waals surface area contributed by atoms with E-state index < -0.39 is 5.97 Å². The van der Waals surface area contributed by atoms with Crippen molar-refractivity contribution in [1.29, 1.82) is 0 Å². The van der Waals surface area contributed by atoms with Crippen LogP contribution in [0.15, 0.2) is 34.7 Å². The number of esters is 1. The van der Waals surface area contributed by atoms with E-state index >= 15 is 0 Å². The number of hydrogen-bond acceptors (Lipinski definition) is 5. The lowest BCUT2D eigenvalue weighted by Gasteiger charge is -2.29. The van der Waals surface area contributed by atoms with Crippen LogP contribution in [0.5, 0.6) is 0 Å². The van der Waals surface area contributed by atoms with Crippen LogP contribution in [-0.2, 0) is 9.53 Å². The number of amides is 1. The number of carbonyl (C=O) groups excluding carboxylic acids is 3. The number of carbonyl (C=O) groups is 3. The third-order valence-corrected chi connectivity index (χ3v) is 5.34. The predicted molar refractivity (Wildman–Crippen MR) is 104 cm³/mol. The van der Waals surface area contributed by atoms with E-state index in [9.17, 15) is 14.4 Å². The van der Waals surface area contributed by atoms with Crippen LogP contribution in [0.3, 0.4) is 0 Å². The van der Waals surface area contributed by atoms with Gasteiger partial charge in [0.05, 0.1) is 10.6 Å². The van der Waals surface area contributed by atoms with Crippen LogP contribution in [0.1, 0.15) is 53.5 Å². The molecule has 2 aromatic rings. The highest BCUT2D eigenvalue weighted by molar-refractivity contribution is 6.33. The SMILES string of the molecule is C[C@H]1CCCC[C@@H]1NC(=O)COC(=O)c1cc(-c2ccc(C=O)o2)ccc1Cl. The maximum absolute atomic E-state index is 12.4. The molecule has 6 nitrogen and oxygen atoms in total. The zero-order valence-corrected chi connectivity index (χ0v) is 16.3. The molecule has 0 bridgehead atoms. The van der Waals surface area contributed by atoms with Gasteiger partial charge in [-0.3, -0.25) is 9.59 Å². The van der Waals surface area contributed by atoms with E-state index in [-0.39, 0.29) is 34.9 Å². The number of ether oxygens (including phenoxy) is 1. The van der Waals surface area contributed by atoms with Gasteiger partial charge in [-0.05, 0) is 49.1 Å². The molecule has 0 spiro atoms. The van der Waals surface area contributed by atoms with Crippen molar-refractivity contribution < 1.29 is 23.5 Å². The highest BCUT2D eigenvalue weighted by Crippen LogP contribution is 2.27. The molecule has 2 atom stereocenters. The first kappa shape index (κ1) is 20.1. The molecule has 7 heteroatoms. The van der Waals surface area contributed by atoms with Crippen LogP contribution >= 0.6 is 11.6 Å². The molecule has 148 valence electrons. The van der Waals surface area contributed by atoms with Crippen molar-refractivity contribution in [2.45, 2.75) is 38.6 Å². The number of benzene rings is 1. The highest BCUT2D eigenvalue weighted by atomic mass is 35.5. The fourth-order valence-electron chi connectivity index (χ4n) is 3.39. The molecule has 28 heavy (non-hydrogen) atoms. The average Bonchev–Trinajstić information content (AvgIpc) is 3.17. The summed E-state index contributed by atoms with van der Waals surface area (Å²) in [7, 11) is 0. The van der Waals surface area contributed by atoms with E-state index in [1.165, 1.54) is 18.6 Å². The van der Waals surface area contributed by atoms with Gasteiger partial charge in [0.1, 0.15) is 5.76 Å². The quantitative estimate of drug-likeness (QED) is 0.575. The van der Waals surface area contributed by atoms with Crippen LogP contribution in [0, 0.1) is 5.92 Å². The van der Waals surface area contributed by atoms with E-state index in [0.717, 1.165) is 19.3 Å². The number of furan rings is 1. The molecular weight excluding hydrogens is 382 g/mol. The zero-order chi connectivity index (χ0) is 20.1. The minimum absolute atomic E-state index is 0.123. The molecule has 1 N–H and O–H groups in total. The van der Waals surface area contributed by atoms with Gasteiger partial charge in [0.25, 0.3) is 5.91 Å². The molecule has 1 aliphatic carbocycles. The minimum atomic E-state index is -0.694. The van der Waals surface area contributed by atoms with Crippen LogP contribution in [-0.4, -0.2) is 30.8 Å². The molecule has 1 aromatic heterocycles. The number of nitrogens with one attached hydrogen (secondary N) is 1. The summed E-state index contributed by atoms with van der Waals surface area (Å²) in [5.74, 6) is 0.0190. The number of hydrogen-bond donors (Lipinski definition) is 1. The molecule has 1 fully saturated rings. The van der Waals surface area contributed by atoms with Gasteiger partial charge in [0, 0.05) is 11.6 Å². The topological polar surface area (TPSA) is 85.6 Å². The van der Waals surface area contributed by atoms with E-state index in [0.29, 0.717) is 23.5 Å². The van der Waals surface area contributed by atoms with Crippen molar-refractivity contribution in [3.8, 4) is 11.3 Å². The second-order valence-corrected chi connectivity index (χ2v) is 7.43. The maximum Gasteiger partial charge on any atom is 0.340 e. The Labute approximate surface area is 168 Å². The lowest BCUT2D eigenvalue weighted by molar-refractivity contribution is -0.125. The largest absolute Gasteiger partial charge is 0.453 e. The normalized spacial score (nSPS) is 19.1. The van der Waals surface area contributed by atoms with Crippen molar-refractivity contribution in [3.63, 3.8) is 0 Å². The highest BCUT2D eigenvalue weighted by Gasteiger charge is 2.23. The maximum atomic E-state index is 12.4. The standard InChI is InChI=1S/C21H22ClNO5/c1-13-4-2-3-5-18(13)23-20(25)12-27-21(26)16-10-14(6-8-17(16)22)19-9-7-15(11-24)28-19/h6-11,13,18H,2-5,12H2,1H3,(H,23,25)/t13-,18-/m0/s1. The molecule has 0 saturated heterocycles. The van der Waals surface area contributed by atoms with Crippen molar-refractivity contribution in [2.75, 3.05) is 6.61 Å². The van der Waals surface area contributed by atoms with Gasteiger partial charge in [-0.1, -0.05) is 31.4 Å². The van der Waals surface area contributed by atoms with Crippen LogP contribution in [0.25, 0.3) is 11.3 Å². The third kappa shape index (κ3) is 4.81. The van der Waals surface area contributed by atoms with Crippen molar-refractivity contribution in [3.05, 3.63) is 46.7 Å². The summed E-state index contributed by atoms with van der Waals surface area (Å²) < 4.78 is 10.5. The first-order chi connectivity index (χ1) is 13.5. The Morgan fingerprint density at radius 1 is 1.25 bits per heavy atom. The van der Waals surface area contributed by atoms with Crippen LogP contribution in [0.4, 0.5) is 0 Å². The Kier molecular flexibility index (Phi) is 6.52. The summed E-state index contributed by atoms with van der Waals surface area (Å²) in [5, 5.41) is 3.15. The summed E-state index contributed by atoms with van der Waals surface area (Å²) in [6.45, 7) is 1.75. The lowest BCUT2D eigenvalue weighted by Crippen LogP contribution is -2.42. The molecule has 1 amide bonds. The van der Waals surface area contributed by atoms with Crippen molar-refractivity contribution >= 4 is 29.8 Å². The fraction of sp³-hybridized carbons (Fsp3) is 0.381. The molecule has 0 unspecified atom stereocenters. The Morgan fingerprint density at radius 2 is 2.04 bits per heavy atom. The average molecular weight is 404 g/mol. The summed E-state index contributed by atoms with van der Waals surface area (Å²) in [4.78, 5) is 35.3. The Hall–Kier alpha value is -2.60. The molecule has 1 aromatic carbocycles. The number of aldehydes is 1. The molecule has 3 rings (SSSR count). The smallest absolute Gasteiger partial charge is 0.340 e. The Balaban J connectivity index is 1.62. The van der Waals surface area contributed by atoms with E-state index in [1.54, 1.807) is 18.2 Å². The van der Waals surface area contributed by atoms with Crippen molar-refractivity contribution in [2.24, 2.45) is 5.92 Å². The van der Waals surface area contributed by atoms with Gasteiger partial charge < -0.3 is 14.5 Å². The van der Waals surface area contributed by atoms with Crippen LogP contribution in [0.2, 0.25) is 5.02 Å². The van der Waals surface area contributed by atoms with Gasteiger partial charge >= 0.3 is 5.97 Å². The van der Waals surface area contributed by atoms with Gasteiger partial charge in [0.2, 0.25) is 0 Å². The molecule has 1 saturated carbocycles. The number of rotatable bonds is 6.